The van der Waals surface area contributed by atoms with E-state index in [9.17, 15) is 0 Å². The molecule has 0 aliphatic carbocycles. The van der Waals surface area contributed by atoms with Crippen molar-refractivity contribution >= 4 is 5.65 Å². The van der Waals surface area contributed by atoms with Gasteiger partial charge in [0, 0.05) is 18.0 Å². The molecule has 2 aromatic carbocycles. The summed E-state index contributed by atoms with van der Waals surface area (Å²) in [7, 11) is 3.30. The third kappa shape index (κ3) is 3.58. The van der Waals surface area contributed by atoms with E-state index in [0.717, 1.165) is 28.2 Å². The van der Waals surface area contributed by atoms with Crippen molar-refractivity contribution in [3.05, 3.63) is 78.6 Å². The van der Waals surface area contributed by atoms with Crippen molar-refractivity contribution in [1.82, 2.24) is 9.38 Å². The predicted molar refractivity (Wildman–Crippen MR) is 105 cm³/mol. The van der Waals surface area contributed by atoms with Gasteiger partial charge in [-0.1, -0.05) is 18.2 Å². The van der Waals surface area contributed by atoms with Crippen molar-refractivity contribution in [2.24, 2.45) is 0 Å². The zero-order chi connectivity index (χ0) is 18.6. The second-order valence-electron chi connectivity index (χ2n) is 6.09. The zero-order valence-corrected chi connectivity index (χ0v) is 15.3. The molecular formula is C22H20N2O3. The van der Waals surface area contributed by atoms with E-state index >= 15 is 0 Å². The monoisotopic (exact) mass is 360 g/mol. The fraction of sp³-hybridized carbons (Fsp3) is 0.136. The van der Waals surface area contributed by atoms with Gasteiger partial charge in [-0.05, 0) is 48.0 Å². The van der Waals surface area contributed by atoms with Crippen LogP contribution in [-0.2, 0) is 6.61 Å². The van der Waals surface area contributed by atoms with Crippen LogP contribution < -0.4 is 14.2 Å². The van der Waals surface area contributed by atoms with Crippen LogP contribution in [0.25, 0.3) is 16.9 Å². The van der Waals surface area contributed by atoms with Crippen molar-refractivity contribution in [3.8, 4) is 28.5 Å². The molecule has 0 unspecified atom stereocenters. The molecule has 4 aromatic rings. The Morgan fingerprint density at radius 2 is 1.74 bits per heavy atom. The summed E-state index contributed by atoms with van der Waals surface area (Å²) in [5, 5.41) is 0. The number of nitrogens with zero attached hydrogens (tertiary/aromatic N) is 2. The number of aromatic nitrogens is 2. The van der Waals surface area contributed by atoms with Crippen molar-refractivity contribution < 1.29 is 14.2 Å². The molecule has 2 aromatic heterocycles. The van der Waals surface area contributed by atoms with E-state index in [4.69, 9.17) is 14.2 Å². The van der Waals surface area contributed by atoms with Gasteiger partial charge in [0.2, 0.25) is 0 Å². The average molecular weight is 360 g/mol. The number of methoxy groups -OCH3 is 2. The Morgan fingerprint density at radius 1 is 0.889 bits per heavy atom. The van der Waals surface area contributed by atoms with Crippen LogP contribution >= 0.6 is 0 Å². The first-order chi connectivity index (χ1) is 13.3. The van der Waals surface area contributed by atoms with Gasteiger partial charge in [0.25, 0.3) is 0 Å². The van der Waals surface area contributed by atoms with Crippen LogP contribution in [0.2, 0.25) is 0 Å². The van der Waals surface area contributed by atoms with E-state index in [-0.39, 0.29) is 0 Å². The molecular weight excluding hydrogens is 340 g/mol. The van der Waals surface area contributed by atoms with Crippen LogP contribution in [0.3, 0.4) is 0 Å². The largest absolute Gasteiger partial charge is 0.497 e. The molecule has 2 heterocycles. The summed E-state index contributed by atoms with van der Waals surface area (Å²) in [6.07, 6.45) is 3.98. The minimum absolute atomic E-state index is 0.452. The highest BCUT2D eigenvalue weighted by Gasteiger charge is 2.10. The van der Waals surface area contributed by atoms with Gasteiger partial charge in [-0.25, -0.2) is 4.98 Å². The maximum absolute atomic E-state index is 5.95. The highest BCUT2D eigenvalue weighted by molar-refractivity contribution is 5.66. The van der Waals surface area contributed by atoms with Gasteiger partial charge in [-0.3, -0.25) is 0 Å². The molecule has 0 saturated heterocycles. The maximum Gasteiger partial charge on any atom is 0.161 e. The molecule has 0 fully saturated rings. The second-order valence-corrected chi connectivity index (χ2v) is 6.09. The van der Waals surface area contributed by atoms with E-state index in [1.807, 2.05) is 77.5 Å². The Hall–Kier alpha value is -3.47. The molecule has 5 nitrogen and oxygen atoms in total. The lowest BCUT2D eigenvalue weighted by molar-refractivity contribution is 0.284. The topological polar surface area (TPSA) is 45.0 Å². The Bertz CT molecular complexity index is 1020. The van der Waals surface area contributed by atoms with Gasteiger partial charge in [-0.15, -0.1) is 0 Å². The average Bonchev–Trinajstić information content (AvgIpc) is 3.17. The number of fused-ring (bicyclic) bond motifs is 1. The molecule has 4 rings (SSSR count). The lowest BCUT2D eigenvalue weighted by Gasteiger charge is -2.12. The number of hydrogen-bond donors (Lipinski definition) is 0. The Labute approximate surface area is 157 Å². The van der Waals surface area contributed by atoms with E-state index in [1.165, 1.54) is 0 Å². The van der Waals surface area contributed by atoms with Crippen LogP contribution in [0, 0.1) is 0 Å². The molecule has 0 saturated carbocycles. The molecule has 27 heavy (non-hydrogen) atoms. The fourth-order valence-electron chi connectivity index (χ4n) is 2.90. The van der Waals surface area contributed by atoms with Gasteiger partial charge in [0.05, 0.1) is 19.9 Å². The summed E-state index contributed by atoms with van der Waals surface area (Å²) in [6.45, 7) is 0.452. The van der Waals surface area contributed by atoms with Crippen molar-refractivity contribution in [3.63, 3.8) is 0 Å². The normalized spacial score (nSPS) is 10.7. The van der Waals surface area contributed by atoms with Gasteiger partial charge in [-0.2, -0.15) is 0 Å². The summed E-state index contributed by atoms with van der Waals surface area (Å²) in [4.78, 5) is 4.65. The summed E-state index contributed by atoms with van der Waals surface area (Å²) in [5.74, 6) is 2.20. The second kappa shape index (κ2) is 7.41. The first-order valence-corrected chi connectivity index (χ1v) is 8.65. The molecule has 5 heteroatoms. The molecule has 0 bridgehead atoms. The van der Waals surface area contributed by atoms with E-state index in [0.29, 0.717) is 18.1 Å². The molecule has 0 aliphatic rings. The SMILES string of the molecule is COc1ccc(COc2ccc(-c3cn4ccccc4n3)cc2OC)cc1. The van der Waals surface area contributed by atoms with Crippen LogP contribution in [0.15, 0.2) is 73.1 Å². The molecule has 0 aliphatic heterocycles. The van der Waals surface area contributed by atoms with Crippen molar-refractivity contribution in [2.75, 3.05) is 14.2 Å². The Morgan fingerprint density at radius 3 is 2.48 bits per heavy atom. The summed E-state index contributed by atoms with van der Waals surface area (Å²) in [6, 6.07) is 19.6. The van der Waals surface area contributed by atoms with Crippen LogP contribution in [0.1, 0.15) is 5.56 Å². The number of ether oxygens (including phenoxy) is 3. The number of rotatable bonds is 6. The van der Waals surface area contributed by atoms with E-state index < -0.39 is 0 Å². The molecule has 0 atom stereocenters. The smallest absolute Gasteiger partial charge is 0.161 e. The number of imidazole rings is 1. The fourth-order valence-corrected chi connectivity index (χ4v) is 2.90. The highest BCUT2D eigenvalue weighted by Crippen LogP contribution is 2.33. The lowest BCUT2D eigenvalue weighted by Crippen LogP contribution is -1.98. The molecule has 136 valence electrons. The zero-order valence-electron chi connectivity index (χ0n) is 15.3. The number of pyridine rings is 1. The van der Waals surface area contributed by atoms with Crippen molar-refractivity contribution in [1.29, 1.82) is 0 Å². The van der Waals surface area contributed by atoms with Gasteiger partial charge in [0.15, 0.2) is 11.5 Å². The summed E-state index contributed by atoms with van der Waals surface area (Å²) < 4.78 is 18.6. The first-order valence-electron chi connectivity index (χ1n) is 8.65. The predicted octanol–water partition coefficient (Wildman–Crippen LogP) is 4.60. The third-order valence-electron chi connectivity index (χ3n) is 4.38. The molecule has 0 radical (unpaired) electrons. The number of benzene rings is 2. The Balaban J connectivity index is 1.55. The summed E-state index contributed by atoms with van der Waals surface area (Å²) in [5.41, 5.74) is 3.84. The molecule has 0 spiro atoms. The molecule has 0 amide bonds. The minimum Gasteiger partial charge on any atom is -0.497 e. The third-order valence-corrected chi connectivity index (χ3v) is 4.38. The van der Waals surface area contributed by atoms with Crippen LogP contribution in [0.5, 0.6) is 17.2 Å². The van der Waals surface area contributed by atoms with Crippen LogP contribution in [0.4, 0.5) is 0 Å². The van der Waals surface area contributed by atoms with Crippen LogP contribution in [-0.4, -0.2) is 23.6 Å². The van der Waals surface area contributed by atoms with E-state index in [1.54, 1.807) is 14.2 Å². The molecule has 0 N–H and O–H groups in total. The quantitative estimate of drug-likeness (QED) is 0.504. The highest BCUT2D eigenvalue weighted by atomic mass is 16.5. The lowest BCUT2D eigenvalue weighted by atomic mass is 10.1. The van der Waals surface area contributed by atoms with Gasteiger partial charge < -0.3 is 18.6 Å². The summed E-state index contributed by atoms with van der Waals surface area (Å²) >= 11 is 0. The van der Waals surface area contributed by atoms with Gasteiger partial charge in [0.1, 0.15) is 18.0 Å². The minimum atomic E-state index is 0.452. The maximum atomic E-state index is 5.95. The standard InChI is InChI=1S/C22H20N2O3/c1-25-18-9-6-16(7-10-18)15-27-20-11-8-17(13-21(20)26-2)19-14-24-12-4-3-5-22(24)23-19/h3-14H,15H2,1-2H3. The number of hydrogen-bond acceptors (Lipinski definition) is 4. The van der Waals surface area contributed by atoms with E-state index in [2.05, 4.69) is 4.98 Å². The van der Waals surface area contributed by atoms with Gasteiger partial charge >= 0.3 is 0 Å². The first kappa shape index (κ1) is 17.0. The Kier molecular flexibility index (Phi) is 4.66. The van der Waals surface area contributed by atoms with Crippen molar-refractivity contribution in [2.45, 2.75) is 6.61 Å².